The predicted octanol–water partition coefficient (Wildman–Crippen LogP) is 2.22. The molecule has 0 radical (unpaired) electrons. The molecule has 2 rings (SSSR count). The normalized spacial score (nSPS) is 19.6. The van der Waals surface area contributed by atoms with Crippen LogP contribution in [0.15, 0.2) is 18.2 Å². The van der Waals surface area contributed by atoms with E-state index >= 15 is 0 Å². The number of nitrogens with two attached hydrogens (primary N) is 1. The zero-order valence-corrected chi connectivity index (χ0v) is 11.7. The van der Waals surface area contributed by atoms with Crippen LogP contribution < -0.4 is 5.73 Å². The molecule has 1 aliphatic rings. The quantitative estimate of drug-likeness (QED) is 0.864. The molecular weight excluding hydrogens is 263 g/mol. The van der Waals surface area contributed by atoms with Crippen molar-refractivity contribution < 1.29 is 9.18 Å². The summed E-state index contributed by atoms with van der Waals surface area (Å²) in [4.78, 5) is 14.0. The van der Waals surface area contributed by atoms with Gasteiger partial charge in [0.25, 0.3) is 0 Å². The van der Waals surface area contributed by atoms with Crippen LogP contribution in [0.3, 0.4) is 0 Å². The van der Waals surface area contributed by atoms with Gasteiger partial charge in [0.15, 0.2) is 0 Å². The summed E-state index contributed by atoms with van der Waals surface area (Å²) < 4.78 is 13.5. The minimum atomic E-state index is -0.377. The second-order valence-corrected chi connectivity index (χ2v) is 5.46. The van der Waals surface area contributed by atoms with Gasteiger partial charge in [-0.1, -0.05) is 19.1 Å². The van der Waals surface area contributed by atoms with Crippen molar-refractivity contribution in [3.63, 3.8) is 0 Å². The lowest BCUT2D eigenvalue weighted by molar-refractivity contribution is -0.138. The molecule has 19 heavy (non-hydrogen) atoms. The fourth-order valence-corrected chi connectivity index (χ4v) is 2.51. The van der Waals surface area contributed by atoms with E-state index in [2.05, 4.69) is 0 Å². The van der Waals surface area contributed by atoms with Gasteiger partial charge in [0.2, 0.25) is 5.91 Å². The zero-order chi connectivity index (χ0) is 14.0. The summed E-state index contributed by atoms with van der Waals surface area (Å²) in [6.45, 7) is 3.07. The highest BCUT2D eigenvalue weighted by Gasteiger charge is 2.25. The van der Waals surface area contributed by atoms with Crippen LogP contribution in [0.5, 0.6) is 0 Å². The molecule has 0 spiro atoms. The summed E-state index contributed by atoms with van der Waals surface area (Å²) in [7, 11) is 0. The second-order valence-electron chi connectivity index (χ2n) is 5.02. The Hall–Kier alpha value is -1.49. The Labute approximate surface area is 117 Å². The van der Waals surface area contributed by atoms with Crippen LogP contribution >= 0.6 is 12.2 Å². The summed E-state index contributed by atoms with van der Waals surface area (Å²) in [6.07, 6.45) is 1.92. The highest BCUT2D eigenvalue weighted by atomic mass is 32.1. The lowest BCUT2D eigenvalue weighted by atomic mass is 9.98. The Bertz CT molecular complexity index is 518. The molecule has 0 aliphatic carbocycles. The van der Waals surface area contributed by atoms with Crippen molar-refractivity contribution in [2.24, 2.45) is 11.7 Å². The second kappa shape index (κ2) is 5.65. The number of benzene rings is 1. The number of halogens is 1. The summed E-state index contributed by atoms with van der Waals surface area (Å²) in [5.41, 5.74) is 6.75. The van der Waals surface area contributed by atoms with E-state index in [1.54, 1.807) is 11.0 Å². The third-order valence-corrected chi connectivity index (χ3v) is 3.65. The van der Waals surface area contributed by atoms with Crippen LogP contribution in [-0.2, 0) is 11.3 Å². The Morgan fingerprint density at radius 1 is 1.53 bits per heavy atom. The molecule has 1 unspecified atom stereocenters. The number of carbonyl (C=O) groups is 1. The van der Waals surface area contributed by atoms with E-state index in [1.165, 1.54) is 12.1 Å². The maximum atomic E-state index is 13.5. The highest BCUT2D eigenvalue weighted by molar-refractivity contribution is 7.80. The maximum Gasteiger partial charge on any atom is 0.225 e. The van der Waals surface area contributed by atoms with Gasteiger partial charge >= 0.3 is 0 Å². The van der Waals surface area contributed by atoms with E-state index in [9.17, 15) is 9.18 Å². The van der Waals surface area contributed by atoms with Crippen molar-refractivity contribution in [3.05, 3.63) is 35.1 Å². The van der Waals surface area contributed by atoms with Crippen molar-refractivity contribution in [1.82, 2.24) is 4.90 Å². The molecule has 1 amide bonds. The first-order valence-electron chi connectivity index (χ1n) is 6.35. The number of rotatable bonds is 3. The standard InChI is InChI=1S/C14H17FN2OS/c1-9-3-2-4-17(14(9)18)8-10-5-11(13(16)19)7-12(15)6-10/h5-7,9H,2-4,8H2,1H3,(H2,16,19). The fourth-order valence-electron chi connectivity index (χ4n) is 2.39. The molecule has 1 saturated heterocycles. The molecule has 102 valence electrons. The van der Waals surface area contributed by atoms with Gasteiger partial charge in [0, 0.05) is 24.6 Å². The third kappa shape index (κ3) is 3.29. The van der Waals surface area contributed by atoms with E-state index in [0.717, 1.165) is 24.9 Å². The van der Waals surface area contributed by atoms with Gasteiger partial charge < -0.3 is 10.6 Å². The van der Waals surface area contributed by atoms with Crippen LogP contribution in [0.1, 0.15) is 30.9 Å². The van der Waals surface area contributed by atoms with Gasteiger partial charge in [-0.15, -0.1) is 0 Å². The topological polar surface area (TPSA) is 46.3 Å². The van der Waals surface area contributed by atoms with Gasteiger partial charge in [0.05, 0.1) is 0 Å². The van der Waals surface area contributed by atoms with Crippen molar-refractivity contribution in [3.8, 4) is 0 Å². The predicted molar refractivity (Wildman–Crippen MR) is 76.1 cm³/mol. The molecule has 1 aromatic carbocycles. The van der Waals surface area contributed by atoms with Gasteiger partial charge in [-0.2, -0.15) is 0 Å². The first-order valence-corrected chi connectivity index (χ1v) is 6.76. The number of hydrogen-bond donors (Lipinski definition) is 1. The van der Waals surface area contributed by atoms with Crippen LogP contribution in [-0.4, -0.2) is 22.3 Å². The minimum absolute atomic E-state index is 0.0531. The molecule has 2 N–H and O–H groups in total. The molecule has 0 saturated carbocycles. The number of carbonyl (C=O) groups excluding carboxylic acids is 1. The summed E-state index contributed by atoms with van der Waals surface area (Å²) >= 11 is 4.86. The molecule has 1 aromatic rings. The number of hydrogen-bond acceptors (Lipinski definition) is 2. The zero-order valence-electron chi connectivity index (χ0n) is 10.9. The van der Waals surface area contributed by atoms with Crippen molar-refractivity contribution >= 4 is 23.1 Å². The molecule has 0 bridgehead atoms. The lowest BCUT2D eigenvalue weighted by Gasteiger charge is -2.30. The smallest absolute Gasteiger partial charge is 0.225 e. The van der Waals surface area contributed by atoms with Gasteiger partial charge in [-0.05, 0) is 36.6 Å². The number of amides is 1. The molecule has 3 nitrogen and oxygen atoms in total. The first kappa shape index (κ1) is 13.9. The van der Waals surface area contributed by atoms with Crippen LogP contribution in [0.2, 0.25) is 0 Å². The van der Waals surface area contributed by atoms with Crippen molar-refractivity contribution in [1.29, 1.82) is 0 Å². The van der Waals surface area contributed by atoms with Crippen molar-refractivity contribution in [2.45, 2.75) is 26.3 Å². The van der Waals surface area contributed by atoms with Crippen LogP contribution in [0, 0.1) is 11.7 Å². The van der Waals surface area contributed by atoms with E-state index < -0.39 is 0 Å². The van der Waals surface area contributed by atoms with Crippen LogP contribution in [0.4, 0.5) is 4.39 Å². The largest absolute Gasteiger partial charge is 0.389 e. The fraction of sp³-hybridized carbons (Fsp3) is 0.429. The van der Waals surface area contributed by atoms with Gasteiger partial charge in [0.1, 0.15) is 10.8 Å². The highest BCUT2D eigenvalue weighted by Crippen LogP contribution is 2.20. The molecule has 1 heterocycles. The van der Waals surface area contributed by atoms with E-state index in [4.69, 9.17) is 18.0 Å². The van der Waals surface area contributed by atoms with Gasteiger partial charge in [-0.3, -0.25) is 4.79 Å². The molecule has 0 aromatic heterocycles. The average molecular weight is 280 g/mol. The summed E-state index contributed by atoms with van der Waals surface area (Å²) in [6, 6.07) is 4.48. The Morgan fingerprint density at radius 2 is 2.26 bits per heavy atom. The summed E-state index contributed by atoms with van der Waals surface area (Å²) in [5.74, 6) is -0.192. The average Bonchev–Trinajstić information content (AvgIpc) is 2.34. The SMILES string of the molecule is CC1CCCN(Cc2cc(F)cc(C(N)=S)c2)C1=O. The first-order chi connectivity index (χ1) is 8.97. The number of thiocarbonyl (C=S) groups is 1. The molecular formula is C14H17FN2OS. The van der Waals surface area contributed by atoms with E-state index in [-0.39, 0.29) is 22.6 Å². The number of piperidine rings is 1. The Kier molecular flexibility index (Phi) is 4.14. The van der Waals surface area contributed by atoms with Crippen molar-refractivity contribution in [2.75, 3.05) is 6.54 Å². The number of nitrogens with zero attached hydrogens (tertiary/aromatic N) is 1. The number of likely N-dealkylation sites (tertiary alicyclic amines) is 1. The van der Waals surface area contributed by atoms with Crippen LogP contribution in [0.25, 0.3) is 0 Å². The Balaban J connectivity index is 2.18. The molecule has 1 fully saturated rings. The van der Waals surface area contributed by atoms with Gasteiger partial charge in [-0.25, -0.2) is 4.39 Å². The van der Waals surface area contributed by atoms with E-state index in [1.807, 2.05) is 6.92 Å². The lowest BCUT2D eigenvalue weighted by Crippen LogP contribution is -2.39. The molecule has 5 heteroatoms. The monoisotopic (exact) mass is 280 g/mol. The van der Waals surface area contributed by atoms with E-state index in [0.29, 0.717) is 12.1 Å². The molecule has 1 aliphatic heterocycles. The Morgan fingerprint density at radius 3 is 2.95 bits per heavy atom. The summed E-state index contributed by atoms with van der Waals surface area (Å²) in [5, 5.41) is 0. The third-order valence-electron chi connectivity index (χ3n) is 3.41. The molecule has 1 atom stereocenters. The maximum absolute atomic E-state index is 13.5. The minimum Gasteiger partial charge on any atom is -0.389 e.